The van der Waals surface area contributed by atoms with E-state index in [1.165, 1.54) is 0 Å². The first-order valence-electron chi connectivity index (χ1n) is 55.3. The Morgan fingerprint density at radius 3 is 0.128 bits per heavy atom. The van der Waals surface area contributed by atoms with Crippen molar-refractivity contribution in [2.75, 3.05) is 462 Å². The lowest BCUT2D eigenvalue weighted by Crippen LogP contribution is -2.09. The lowest BCUT2D eigenvalue weighted by Gasteiger charge is -2.08. The summed E-state index contributed by atoms with van der Waals surface area (Å²) in [7, 11) is 0. The van der Waals surface area contributed by atoms with Crippen molar-refractivity contribution >= 4 is 0 Å². The Morgan fingerprint density at radius 2 is 0.0922 bits per heavy atom. The highest BCUT2D eigenvalue weighted by molar-refractivity contribution is 4.54. The van der Waals surface area contributed by atoms with E-state index in [2.05, 4.69) is 0 Å². The molecule has 0 rings (SSSR count). The zero-order valence-corrected chi connectivity index (χ0v) is 89.0. The van der Waals surface area contributed by atoms with Crippen molar-refractivity contribution < 1.29 is 171 Å². The van der Waals surface area contributed by atoms with Crippen LogP contribution in [0.5, 0.6) is 0 Å². The Hall–Kier alpha value is -1.44. The SMILES string of the molecule is OCCCOCCCOCCCOCCCOCCCOCCCOCCCOCCCOCCCOCCCOCCCOCCCOCCCOCCCOCCCOCCCOCCCOCCCOCCCOCCCOCCCOCCCOCCCOCCCOCCCOCCCOCCCOCCCOCCCOCCCOCCCOCCCOCCCOCCCOCCCO. The van der Waals surface area contributed by atoms with Crippen molar-refractivity contribution in [1.82, 2.24) is 0 Å². The Labute approximate surface area is 854 Å². The highest BCUT2D eigenvalue weighted by Gasteiger charge is 2.07. The minimum absolute atomic E-state index is 0.173. The molecule has 0 unspecified atom stereocenters. The standard InChI is InChI=1S/C105H212O36/c106-36-1-38-108-40-3-42-110-44-5-46-112-48-7-50-114-52-9-54-116-56-11-58-118-60-13-62-120-64-15-66-122-68-17-70-124-72-19-74-126-76-21-78-128-80-23-82-130-84-25-86-132-88-27-90-134-92-29-94-136-96-31-98-138-100-33-102-140-104-35-105-141-103-34-101-139-99-32-97-137-95-30-93-135-91-28-89-133-87-26-85-131-83-24-81-129-79-22-77-127-75-20-73-125-71-18-69-123-67-16-65-121-63-14-61-119-59-12-57-117-55-10-53-115-51-8-49-113-47-6-45-111-43-4-41-109-39-2-37-107/h106-107H,1-105H2. The molecule has 0 atom stereocenters. The molecule has 0 amide bonds. The van der Waals surface area contributed by atoms with Crippen LogP contribution in [0.2, 0.25) is 0 Å². The average molecular weight is 2050 g/mol. The van der Waals surface area contributed by atoms with Crippen LogP contribution in [-0.4, -0.2) is 473 Å². The van der Waals surface area contributed by atoms with Crippen LogP contribution in [0, 0.1) is 0 Å². The summed E-state index contributed by atoms with van der Waals surface area (Å²) in [5.74, 6) is 0. The van der Waals surface area contributed by atoms with Crippen molar-refractivity contribution in [3.8, 4) is 0 Å². The molecule has 0 aromatic heterocycles. The van der Waals surface area contributed by atoms with Gasteiger partial charge < -0.3 is 171 Å². The second-order valence-corrected chi connectivity index (χ2v) is 33.6. The van der Waals surface area contributed by atoms with E-state index in [0.29, 0.717) is 462 Å². The van der Waals surface area contributed by atoms with Crippen LogP contribution in [0.15, 0.2) is 0 Å². The van der Waals surface area contributed by atoms with Crippen LogP contribution < -0.4 is 0 Å². The fourth-order valence-corrected chi connectivity index (χ4v) is 12.5. The zero-order chi connectivity index (χ0) is 100. The summed E-state index contributed by atoms with van der Waals surface area (Å²) in [6.45, 7) is 47.3. The predicted octanol–water partition coefficient (Wildman–Crippen LogP) is 13.2. The lowest BCUT2D eigenvalue weighted by molar-refractivity contribution is 0.0380. The summed E-state index contributed by atoms with van der Waals surface area (Å²) in [6.07, 6.45) is 30.4. The number of hydrogen-bond acceptors (Lipinski definition) is 36. The van der Waals surface area contributed by atoms with Crippen LogP contribution >= 0.6 is 0 Å². The normalized spacial score (nSPS) is 11.9. The number of hydrogen-bond donors (Lipinski definition) is 2. The molecule has 0 bridgehead atoms. The molecular formula is C105H212O36. The molecule has 0 spiro atoms. The maximum atomic E-state index is 8.72. The highest BCUT2D eigenvalue weighted by atomic mass is 16.6. The van der Waals surface area contributed by atoms with E-state index in [1.54, 1.807) is 0 Å². The van der Waals surface area contributed by atoms with Crippen molar-refractivity contribution in [3.05, 3.63) is 0 Å². The minimum Gasteiger partial charge on any atom is -0.396 e. The zero-order valence-electron chi connectivity index (χ0n) is 89.0. The van der Waals surface area contributed by atoms with E-state index < -0.39 is 0 Å². The smallest absolute Gasteiger partial charge is 0.0488 e. The van der Waals surface area contributed by atoms with Gasteiger partial charge in [0.1, 0.15) is 0 Å². The van der Waals surface area contributed by atoms with Gasteiger partial charge in [0.15, 0.2) is 0 Å². The van der Waals surface area contributed by atoms with Gasteiger partial charge in [0.25, 0.3) is 0 Å². The molecule has 141 heavy (non-hydrogen) atoms. The van der Waals surface area contributed by atoms with Crippen LogP contribution in [0.1, 0.15) is 225 Å². The van der Waals surface area contributed by atoms with Gasteiger partial charge in [0.2, 0.25) is 0 Å². The Morgan fingerprint density at radius 1 is 0.0567 bits per heavy atom. The maximum absolute atomic E-state index is 8.72. The Bertz CT molecular complexity index is 1780. The van der Waals surface area contributed by atoms with Crippen molar-refractivity contribution in [2.24, 2.45) is 0 Å². The van der Waals surface area contributed by atoms with Crippen LogP contribution in [-0.2, 0) is 161 Å². The van der Waals surface area contributed by atoms with Gasteiger partial charge in [0, 0.05) is 462 Å². The van der Waals surface area contributed by atoms with Gasteiger partial charge in [-0.25, -0.2) is 0 Å². The van der Waals surface area contributed by atoms with Crippen molar-refractivity contribution in [1.29, 1.82) is 0 Å². The quantitative estimate of drug-likeness (QED) is 0.0534. The number of aliphatic hydroxyl groups is 2. The first-order valence-corrected chi connectivity index (χ1v) is 55.3. The van der Waals surface area contributed by atoms with E-state index in [0.717, 1.165) is 212 Å². The Balaban J connectivity index is 3.11. The molecule has 848 valence electrons. The molecule has 0 aromatic rings. The van der Waals surface area contributed by atoms with Crippen LogP contribution in [0.3, 0.4) is 0 Å². The molecule has 0 heterocycles. The van der Waals surface area contributed by atoms with Gasteiger partial charge in [-0.15, -0.1) is 0 Å². The summed E-state index contributed by atoms with van der Waals surface area (Å²) >= 11 is 0. The largest absolute Gasteiger partial charge is 0.396 e. The lowest BCUT2D eigenvalue weighted by atomic mass is 10.4. The van der Waals surface area contributed by atoms with Gasteiger partial charge >= 0.3 is 0 Å². The van der Waals surface area contributed by atoms with E-state index in [1.807, 2.05) is 0 Å². The molecule has 0 aliphatic rings. The Kier molecular flexibility index (Phi) is 137. The topological polar surface area (TPSA) is 354 Å². The fraction of sp³-hybridized carbons (Fsp3) is 1.00. The third-order valence-electron chi connectivity index (χ3n) is 19.9. The maximum Gasteiger partial charge on any atom is 0.0488 e. The number of ether oxygens (including phenoxy) is 34. The average Bonchev–Trinajstić information content (AvgIpc) is 1.11. The second kappa shape index (κ2) is 139. The van der Waals surface area contributed by atoms with E-state index in [4.69, 9.17) is 171 Å². The summed E-state index contributed by atoms with van der Waals surface area (Å²) in [5.41, 5.74) is 0. The molecule has 0 fully saturated rings. The van der Waals surface area contributed by atoms with Crippen molar-refractivity contribution in [2.45, 2.75) is 225 Å². The molecule has 0 saturated carbocycles. The van der Waals surface area contributed by atoms with E-state index in [-0.39, 0.29) is 13.2 Å². The van der Waals surface area contributed by atoms with E-state index in [9.17, 15) is 0 Å². The molecule has 0 radical (unpaired) electrons. The van der Waals surface area contributed by atoms with E-state index >= 15 is 0 Å². The molecule has 0 aliphatic carbocycles. The van der Waals surface area contributed by atoms with Gasteiger partial charge in [-0.2, -0.15) is 0 Å². The fourth-order valence-electron chi connectivity index (χ4n) is 12.5. The summed E-state index contributed by atoms with van der Waals surface area (Å²) in [5, 5.41) is 17.4. The minimum atomic E-state index is 0.173. The van der Waals surface area contributed by atoms with Gasteiger partial charge in [-0.3, -0.25) is 0 Å². The molecular weight excluding hydrogens is 1840 g/mol. The molecule has 0 aliphatic heterocycles. The predicted molar refractivity (Wildman–Crippen MR) is 544 cm³/mol. The van der Waals surface area contributed by atoms with Crippen molar-refractivity contribution in [3.63, 3.8) is 0 Å². The number of rotatable bonds is 138. The van der Waals surface area contributed by atoms with Crippen LogP contribution in [0.25, 0.3) is 0 Å². The first kappa shape index (κ1) is 140. The van der Waals surface area contributed by atoms with Gasteiger partial charge in [-0.1, -0.05) is 0 Å². The molecule has 2 N–H and O–H groups in total. The summed E-state index contributed by atoms with van der Waals surface area (Å²) in [6, 6.07) is 0. The third kappa shape index (κ3) is 139. The molecule has 0 aromatic carbocycles. The molecule has 36 nitrogen and oxygen atoms in total. The van der Waals surface area contributed by atoms with Crippen LogP contribution in [0.4, 0.5) is 0 Å². The van der Waals surface area contributed by atoms with Gasteiger partial charge in [0.05, 0.1) is 0 Å². The second-order valence-electron chi connectivity index (χ2n) is 33.6. The highest BCUT2D eigenvalue weighted by Crippen LogP contribution is 2.06. The molecule has 0 saturated heterocycles. The summed E-state index contributed by atoms with van der Waals surface area (Å²) < 4.78 is 193. The van der Waals surface area contributed by atoms with Gasteiger partial charge in [-0.05, 0) is 225 Å². The number of aliphatic hydroxyl groups excluding tert-OH is 2. The summed E-state index contributed by atoms with van der Waals surface area (Å²) in [4.78, 5) is 0. The first-order chi connectivity index (χ1) is 70.4. The molecule has 36 heteroatoms. The third-order valence-corrected chi connectivity index (χ3v) is 19.9. The monoisotopic (exact) mass is 2050 g/mol.